The van der Waals surface area contributed by atoms with Gasteiger partial charge in [0.2, 0.25) is 0 Å². The second-order valence-corrected chi connectivity index (χ2v) is 7.61. The Kier molecular flexibility index (Phi) is 7.33. The monoisotopic (exact) mass is 376 g/mol. The normalized spacial score (nSPS) is 18.0. The van der Waals surface area contributed by atoms with Crippen LogP contribution in [0, 0.1) is 0 Å². The lowest BCUT2D eigenvalue weighted by Gasteiger charge is -2.36. The Labute approximate surface area is 162 Å². The van der Waals surface area contributed by atoms with Crippen molar-refractivity contribution in [2.45, 2.75) is 45.3 Å². The summed E-state index contributed by atoms with van der Waals surface area (Å²) in [7, 11) is 3.40. The summed E-state index contributed by atoms with van der Waals surface area (Å²) in [6.45, 7) is 7.47. The number of hydrogen-bond donors (Lipinski definition) is 2. The first-order valence-electron chi connectivity index (χ1n) is 9.39. The summed E-state index contributed by atoms with van der Waals surface area (Å²) in [5, 5.41) is 6.45. The fraction of sp³-hybridized carbons (Fsp3) is 0.600. The molecule has 0 spiro atoms. The summed E-state index contributed by atoms with van der Waals surface area (Å²) in [5.41, 5.74) is 0.608. The van der Waals surface area contributed by atoms with Gasteiger partial charge in [-0.05, 0) is 45.7 Å². The summed E-state index contributed by atoms with van der Waals surface area (Å²) in [6.07, 6.45) is 2.11. The van der Waals surface area contributed by atoms with Crippen LogP contribution in [0.4, 0.5) is 5.69 Å². The van der Waals surface area contributed by atoms with Crippen molar-refractivity contribution >= 4 is 17.6 Å². The first kappa shape index (κ1) is 20.9. The number of methoxy groups -OCH3 is 1. The molecule has 0 bridgehead atoms. The van der Waals surface area contributed by atoms with Crippen LogP contribution in [0.15, 0.2) is 29.3 Å². The Morgan fingerprint density at radius 1 is 1.33 bits per heavy atom. The molecular weight excluding hydrogens is 344 g/mol. The van der Waals surface area contributed by atoms with E-state index in [4.69, 9.17) is 9.47 Å². The van der Waals surface area contributed by atoms with Gasteiger partial charge in [0.15, 0.2) is 5.96 Å². The van der Waals surface area contributed by atoms with Crippen molar-refractivity contribution in [3.05, 3.63) is 24.3 Å². The van der Waals surface area contributed by atoms with E-state index in [2.05, 4.69) is 26.6 Å². The van der Waals surface area contributed by atoms with Gasteiger partial charge in [0.1, 0.15) is 17.9 Å². The van der Waals surface area contributed by atoms with Crippen LogP contribution in [0.25, 0.3) is 0 Å². The Bertz CT molecular complexity index is 655. The van der Waals surface area contributed by atoms with Crippen molar-refractivity contribution in [2.75, 3.05) is 38.7 Å². The fourth-order valence-corrected chi connectivity index (χ4v) is 3.13. The molecule has 7 heteroatoms. The lowest BCUT2D eigenvalue weighted by atomic mass is 10.0. The number of piperidine rings is 1. The molecule has 1 fully saturated rings. The number of rotatable bonds is 5. The van der Waals surface area contributed by atoms with Crippen LogP contribution >= 0.6 is 0 Å². The molecule has 27 heavy (non-hydrogen) atoms. The Hall–Kier alpha value is -2.44. The summed E-state index contributed by atoms with van der Waals surface area (Å²) >= 11 is 0. The van der Waals surface area contributed by atoms with Gasteiger partial charge in [-0.2, -0.15) is 0 Å². The maximum atomic E-state index is 11.9. The number of ether oxygens (including phenoxy) is 2. The number of esters is 1. The molecule has 1 aromatic rings. The van der Waals surface area contributed by atoms with E-state index in [-0.39, 0.29) is 18.6 Å². The van der Waals surface area contributed by atoms with Crippen LogP contribution in [0.5, 0.6) is 5.75 Å². The predicted octanol–water partition coefficient (Wildman–Crippen LogP) is 2.17. The minimum Gasteiger partial charge on any atom is -0.495 e. The number of aliphatic imine (C=N–C) groups is 1. The van der Waals surface area contributed by atoms with Crippen LogP contribution in [-0.4, -0.2) is 57.4 Å². The molecule has 0 aliphatic carbocycles. The van der Waals surface area contributed by atoms with Gasteiger partial charge in [0, 0.05) is 26.2 Å². The third-order valence-electron chi connectivity index (χ3n) is 4.23. The zero-order valence-electron chi connectivity index (χ0n) is 17.0. The van der Waals surface area contributed by atoms with Crippen LogP contribution < -0.4 is 20.3 Å². The molecule has 1 aromatic carbocycles. The molecule has 0 amide bonds. The van der Waals surface area contributed by atoms with Gasteiger partial charge in [0.25, 0.3) is 0 Å². The molecule has 1 aliphatic rings. The molecule has 2 rings (SSSR count). The van der Waals surface area contributed by atoms with Crippen LogP contribution in [0.1, 0.15) is 33.6 Å². The van der Waals surface area contributed by atoms with E-state index in [0.717, 1.165) is 37.4 Å². The van der Waals surface area contributed by atoms with Crippen molar-refractivity contribution in [1.82, 2.24) is 10.6 Å². The van der Waals surface area contributed by atoms with Crippen molar-refractivity contribution in [1.29, 1.82) is 0 Å². The summed E-state index contributed by atoms with van der Waals surface area (Å²) in [5.74, 6) is 1.18. The molecule has 0 radical (unpaired) electrons. The Morgan fingerprint density at radius 3 is 2.74 bits per heavy atom. The number of carbonyl (C=O) groups is 1. The van der Waals surface area contributed by atoms with Crippen LogP contribution in [0.2, 0.25) is 0 Å². The molecule has 150 valence electrons. The fourth-order valence-electron chi connectivity index (χ4n) is 3.13. The van der Waals surface area contributed by atoms with Gasteiger partial charge in [-0.25, -0.2) is 0 Å². The lowest BCUT2D eigenvalue weighted by molar-refractivity contribution is -0.153. The molecule has 1 aliphatic heterocycles. The summed E-state index contributed by atoms with van der Waals surface area (Å²) in [6, 6.07) is 8.29. The van der Waals surface area contributed by atoms with Crippen molar-refractivity contribution in [3.8, 4) is 5.75 Å². The van der Waals surface area contributed by atoms with Crippen molar-refractivity contribution in [3.63, 3.8) is 0 Å². The number of guanidine groups is 1. The number of para-hydroxylation sites is 2. The highest BCUT2D eigenvalue weighted by Crippen LogP contribution is 2.29. The second-order valence-electron chi connectivity index (χ2n) is 7.61. The first-order valence-corrected chi connectivity index (χ1v) is 9.39. The van der Waals surface area contributed by atoms with E-state index >= 15 is 0 Å². The maximum absolute atomic E-state index is 11.9. The number of carbonyl (C=O) groups excluding carboxylic acids is 1. The first-order chi connectivity index (χ1) is 12.8. The van der Waals surface area contributed by atoms with Crippen LogP contribution in [0.3, 0.4) is 0 Å². The zero-order valence-corrected chi connectivity index (χ0v) is 17.0. The van der Waals surface area contributed by atoms with E-state index in [1.807, 2.05) is 39.0 Å². The minimum atomic E-state index is -0.492. The Balaban J connectivity index is 1.91. The summed E-state index contributed by atoms with van der Waals surface area (Å²) in [4.78, 5) is 18.4. The number of nitrogens with zero attached hydrogens (tertiary/aromatic N) is 2. The number of hydrogen-bond acceptors (Lipinski definition) is 5. The molecular formula is C20H32N4O3. The molecule has 1 unspecified atom stereocenters. The van der Waals surface area contributed by atoms with Gasteiger partial charge in [-0.3, -0.25) is 9.79 Å². The second kappa shape index (κ2) is 9.48. The van der Waals surface area contributed by atoms with E-state index in [1.165, 1.54) is 0 Å². The smallest absolute Gasteiger partial charge is 0.325 e. The van der Waals surface area contributed by atoms with Crippen molar-refractivity contribution < 1.29 is 14.3 Å². The average molecular weight is 377 g/mol. The van der Waals surface area contributed by atoms with Gasteiger partial charge in [0.05, 0.1) is 12.8 Å². The highest BCUT2D eigenvalue weighted by Gasteiger charge is 2.23. The van der Waals surface area contributed by atoms with Crippen molar-refractivity contribution in [2.24, 2.45) is 4.99 Å². The van der Waals surface area contributed by atoms with E-state index in [9.17, 15) is 4.79 Å². The highest BCUT2D eigenvalue weighted by atomic mass is 16.6. The Morgan fingerprint density at radius 2 is 2.07 bits per heavy atom. The largest absolute Gasteiger partial charge is 0.495 e. The topological polar surface area (TPSA) is 75.2 Å². The standard InChI is InChI=1S/C20H32N4O3/c1-20(2,3)27-18(25)13-22-19(21-4)23-15-9-8-12-24(14-15)16-10-6-7-11-17(16)26-5/h6-7,10-11,15H,8-9,12-14H2,1-5H3,(H2,21,22,23). The molecule has 7 nitrogen and oxygen atoms in total. The zero-order chi connectivity index (χ0) is 19.9. The third-order valence-corrected chi connectivity index (χ3v) is 4.23. The van der Waals surface area contributed by atoms with E-state index in [1.54, 1.807) is 14.2 Å². The highest BCUT2D eigenvalue weighted by molar-refractivity contribution is 5.84. The maximum Gasteiger partial charge on any atom is 0.325 e. The van der Waals surface area contributed by atoms with Gasteiger partial charge in [-0.1, -0.05) is 12.1 Å². The molecule has 0 saturated carbocycles. The van der Waals surface area contributed by atoms with E-state index in [0.29, 0.717) is 5.96 Å². The number of anilines is 1. The average Bonchev–Trinajstić information content (AvgIpc) is 2.64. The lowest BCUT2D eigenvalue weighted by Crippen LogP contribution is -2.52. The molecule has 0 aromatic heterocycles. The molecule has 2 N–H and O–H groups in total. The molecule has 1 heterocycles. The quantitative estimate of drug-likeness (QED) is 0.466. The van der Waals surface area contributed by atoms with E-state index < -0.39 is 5.60 Å². The summed E-state index contributed by atoms with van der Waals surface area (Å²) < 4.78 is 10.8. The predicted molar refractivity (Wildman–Crippen MR) is 109 cm³/mol. The molecule has 1 atom stereocenters. The minimum absolute atomic E-state index is 0.0832. The van der Waals surface area contributed by atoms with Gasteiger partial charge < -0.3 is 25.0 Å². The van der Waals surface area contributed by atoms with Gasteiger partial charge >= 0.3 is 5.97 Å². The number of nitrogens with one attached hydrogen (secondary N) is 2. The molecule has 1 saturated heterocycles. The van der Waals surface area contributed by atoms with Gasteiger partial charge in [-0.15, -0.1) is 0 Å². The third kappa shape index (κ3) is 6.66. The SMILES string of the molecule is CN=C(NCC(=O)OC(C)(C)C)NC1CCCN(c2ccccc2OC)C1. The number of benzene rings is 1. The van der Waals surface area contributed by atoms with Crippen LogP contribution in [-0.2, 0) is 9.53 Å².